The van der Waals surface area contributed by atoms with Crippen LogP contribution in [0.2, 0.25) is 0 Å². The lowest BCUT2D eigenvalue weighted by Gasteiger charge is -2.24. The summed E-state index contributed by atoms with van der Waals surface area (Å²) >= 11 is 0. The lowest BCUT2D eigenvalue weighted by atomic mass is 10.00. The van der Waals surface area contributed by atoms with E-state index in [0.29, 0.717) is 6.54 Å². The van der Waals surface area contributed by atoms with Gasteiger partial charge in [-0.2, -0.15) is 0 Å². The summed E-state index contributed by atoms with van der Waals surface area (Å²) in [5, 5.41) is 0. The van der Waals surface area contributed by atoms with Crippen molar-refractivity contribution >= 4 is 6.09 Å². The minimum Gasteiger partial charge on any atom is -0.439 e. The maximum absolute atomic E-state index is 12.3. The SMILES string of the molecule is C/C=C\[C@@H]1OC(=O)N(Cc2ccccc2)[C@@H]1c1ccccc1. The molecule has 2 atom stereocenters. The molecular formula is C19H19NO2. The number of nitrogens with zero attached hydrogens (tertiary/aromatic N) is 1. The van der Waals surface area contributed by atoms with Crippen molar-refractivity contribution in [2.75, 3.05) is 0 Å². The molecule has 0 aromatic heterocycles. The first-order valence-corrected chi connectivity index (χ1v) is 7.48. The molecule has 3 rings (SSSR count). The number of allylic oxidation sites excluding steroid dienone is 1. The molecule has 112 valence electrons. The fourth-order valence-corrected chi connectivity index (χ4v) is 2.84. The Morgan fingerprint density at radius 2 is 1.68 bits per heavy atom. The van der Waals surface area contributed by atoms with Crippen LogP contribution in [0.25, 0.3) is 0 Å². The van der Waals surface area contributed by atoms with Gasteiger partial charge in [0.05, 0.1) is 0 Å². The number of carbonyl (C=O) groups excluding carboxylic acids is 1. The second kappa shape index (κ2) is 6.48. The number of ether oxygens (including phenoxy) is 1. The Morgan fingerprint density at radius 1 is 1.05 bits per heavy atom. The van der Waals surface area contributed by atoms with Gasteiger partial charge >= 0.3 is 6.09 Å². The Labute approximate surface area is 130 Å². The number of carbonyl (C=O) groups is 1. The van der Waals surface area contributed by atoms with Crippen LogP contribution < -0.4 is 0 Å². The smallest absolute Gasteiger partial charge is 0.411 e. The summed E-state index contributed by atoms with van der Waals surface area (Å²) in [5.74, 6) is 0. The highest BCUT2D eigenvalue weighted by molar-refractivity contribution is 5.71. The molecule has 0 unspecified atom stereocenters. The van der Waals surface area contributed by atoms with Crippen LogP contribution in [0.3, 0.4) is 0 Å². The Bertz CT molecular complexity index is 652. The minimum atomic E-state index is -0.263. The van der Waals surface area contributed by atoms with Crippen molar-refractivity contribution in [2.45, 2.75) is 25.6 Å². The molecule has 0 N–H and O–H groups in total. The van der Waals surface area contributed by atoms with Gasteiger partial charge in [0.1, 0.15) is 12.1 Å². The zero-order chi connectivity index (χ0) is 15.4. The summed E-state index contributed by atoms with van der Waals surface area (Å²) in [6.07, 6.45) is 3.37. The van der Waals surface area contributed by atoms with Crippen molar-refractivity contribution in [1.82, 2.24) is 4.90 Å². The van der Waals surface area contributed by atoms with Crippen molar-refractivity contribution in [2.24, 2.45) is 0 Å². The highest BCUT2D eigenvalue weighted by Crippen LogP contribution is 2.35. The number of amides is 1. The van der Waals surface area contributed by atoms with Gasteiger partial charge < -0.3 is 4.74 Å². The van der Waals surface area contributed by atoms with Gasteiger partial charge in [-0.05, 0) is 24.1 Å². The molecule has 1 heterocycles. The van der Waals surface area contributed by atoms with Gasteiger partial charge in [0.15, 0.2) is 0 Å². The lowest BCUT2D eigenvalue weighted by Crippen LogP contribution is -2.28. The van der Waals surface area contributed by atoms with Crippen LogP contribution in [0.1, 0.15) is 24.1 Å². The summed E-state index contributed by atoms with van der Waals surface area (Å²) in [4.78, 5) is 14.1. The number of hydrogen-bond donors (Lipinski definition) is 0. The number of hydrogen-bond acceptors (Lipinski definition) is 2. The van der Waals surface area contributed by atoms with Gasteiger partial charge in [-0.25, -0.2) is 4.79 Å². The number of cyclic esters (lactones) is 1. The molecule has 1 aliphatic heterocycles. The topological polar surface area (TPSA) is 29.5 Å². The zero-order valence-corrected chi connectivity index (χ0v) is 12.6. The first-order valence-electron chi connectivity index (χ1n) is 7.48. The fourth-order valence-electron chi connectivity index (χ4n) is 2.84. The Hall–Kier alpha value is -2.55. The molecule has 0 spiro atoms. The van der Waals surface area contributed by atoms with Gasteiger partial charge in [-0.3, -0.25) is 4.90 Å². The first-order chi connectivity index (χ1) is 10.8. The van der Waals surface area contributed by atoms with E-state index in [1.54, 1.807) is 4.90 Å². The van der Waals surface area contributed by atoms with Crippen LogP contribution in [0, 0.1) is 0 Å². The van der Waals surface area contributed by atoms with Crippen LogP contribution in [0.15, 0.2) is 72.8 Å². The summed E-state index contributed by atoms with van der Waals surface area (Å²) in [6.45, 7) is 2.49. The highest BCUT2D eigenvalue weighted by Gasteiger charge is 2.41. The van der Waals surface area contributed by atoms with Gasteiger partial charge in [-0.1, -0.05) is 66.7 Å². The molecule has 2 aromatic carbocycles. The van der Waals surface area contributed by atoms with Crippen molar-refractivity contribution in [3.05, 3.63) is 83.9 Å². The molecule has 22 heavy (non-hydrogen) atoms. The number of rotatable bonds is 4. The zero-order valence-electron chi connectivity index (χ0n) is 12.6. The first kappa shape index (κ1) is 14.4. The van der Waals surface area contributed by atoms with Crippen LogP contribution >= 0.6 is 0 Å². The fraction of sp³-hybridized carbons (Fsp3) is 0.211. The largest absolute Gasteiger partial charge is 0.439 e. The van der Waals surface area contributed by atoms with Gasteiger partial charge in [0.25, 0.3) is 0 Å². The van der Waals surface area contributed by atoms with Crippen molar-refractivity contribution in [3.63, 3.8) is 0 Å². The maximum Gasteiger partial charge on any atom is 0.411 e. The van der Waals surface area contributed by atoms with E-state index in [1.165, 1.54) is 0 Å². The standard InChI is InChI=1S/C19H19NO2/c1-2-9-17-18(16-12-7-4-8-13-16)20(19(21)22-17)14-15-10-5-3-6-11-15/h2-13,17-18H,14H2,1H3/b9-2-/t17-,18+/m0/s1. The van der Waals surface area contributed by atoms with Gasteiger partial charge in [0.2, 0.25) is 0 Å². The summed E-state index contributed by atoms with van der Waals surface area (Å²) < 4.78 is 5.55. The van der Waals surface area contributed by atoms with E-state index in [9.17, 15) is 4.79 Å². The maximum atomic E-state index is 12.3. The average Bonchev–Trinajstić information content (AvgIpc) is 2.85. The molecule has 1 fully saturated rings. The second-order valence-corrected chi connectivity index (χ2v) is 5.34. The third kappa shape index (κ3) is 2.89. The normalized spacial score (nSPS) is 21.3. The lowest BCUT2D eigenvalue weighted by molar-refractivity contribution is 0.144. The molecular weight excluding hydrogens is 274 g/mol. The van der Waals surface area contributed by atoms with Gasteiger partial charge in [-0.15, -0.1) is 0 Å². The quantitative estimate of drug-likeness (QED) is 0.785. The predicted octanol–water partition coefficient (Wildman–Crippen LogP) is 4.32. The molecule has 0 bridgehead atoms. The predicted molar refractivity (Wildman–Crippen MR) is 86.3 cm³/mol. The van der Waals surface area contributed by atoms with E-state index < -0.39 is 0 Å². The number of benzene rings is 2. The van der Waals surface area contributed by atoms with Crippen molar-refractivity contribution in [3.8, 4) is 0 Å². The van der Waals surface area contributed by atoms with Crippen LogP contribution in [-0.4, -0.2) is 17.1 Å². The van der Waals surface area contributed by atoms with Crippen molar-refractivity contribution < 1.29 is 9.53 Å². The van der Waals surface area contributed by atoms with Crippen molar-refractivity contribution in [1.29, 1.82) is 0 Å². The van der Waals surface area contributed by atoms with E-state index in [2.05, 4.69) is 0 Å². The third-order valence-electron chi connectivity index (χ3n) is 3.84. The molecule has 1 saturated heterocycles. The van der Waals surface area contributed by atoms with Crippen LogP contribution in [0.4, 0.5) is 4.79 Å². The van der Waals surface area contributed by atoms with E-state index in [-0.39, 0.29) is 18.2 Å². The Morgan fingerprint density at radius 3 is 2.32 bits per heavy atom. The molecule has 0 radical (unpaired) electrons. The molecule has 3 nitrogen and oxygen atoms in total. The molecule has 0 saturated carbocycles. The van der Waals surface area contributed by atoms with E-state index >= 15 is 0 Å². The minimum absolute atomic E-state index is 0.0925. The van der Waals surface area contributed by atoms with Crippen LogP contribution in [-0.2, 0) is 11.3 Å². The molecule has 1 amide bonds. The monoisotopic (exact) mass is 293 g/mol. The van der Waals surface area contributed by atoms with Gasteiger partial charge in [0, 0.05) is 6.54 Å². The van der Waals surface area contributed by atoms with E-state index in [1.807, 2.05) is 79.7 Å². The summed E-state index contributed by atoms with van der Waals surface area (Å²) in [6, 6.07) is 20.0. The Balaban J connectivity index is 1.93. The molecule has 3 heteroatoms. The Kier molecular flexibility index (Phi) is 4.24. The summed E-state index contributed by atoms with van der Waals surface area (Å²) in [5.41, 5.74) is 2.19. The summed E-state index contributed by atoms with van der Waals surface area (Å²) in [7, 11) is 0. The average molecular weight is 293 g/mol. The van der Waals surface area contributed by atoms with Crippen LogP contribution in [0.5, 0.6) is 0 Å². The highest BCUT2D eigenvalue weighted by atomic mass is 16.6. The third-order valence-corrected chi connectivity index (χ3v) is 3.84. The molecule has 0 aliphatic carbocycles. The van der Waals surface area contributed by atoms with E-state index in [4.69, 9.17) is 4.74 Å². The molecule has 2 aromatic rings. The van der Waals surface area contributed by atoms with E-state index in [0.717, 1.165) is 11.1 Å². The molecule has 1 aliphatic rings. The second-order valence-electron chi connectivity index (χ2n) is 5.34.